The van der Waals surface area contributed by atoms with Crippen molar-refractivity contribution in [2.45, 2.75) is 32.5 Å². The molecule has 0 unspecified atom stereocenters. The van der Waals surface area contributed by atoms with E-state index in [1.807, 2.05) is 0 Å². The Labute approximate surface area is 226 Å². The van der Waals surface area contributed by atoms with Crippen molar-refractivity contribution in [3.63, 3.8) is 0 Å². The summed E-state index contributed by atoms with van der Waals surface area (Å²) in [5.74, 6) is 0.138. The minimum atomic E-state index is -1.89. The third kappa shape index (κ3) is 7.03. The summed E-state index contributed by atoms with van der Waals surface area (Å²) < 4.78 is 13.4. The van der Waals surface area contributed by atoms with Crippen LogP contribution >= 0.6 is 19.5 Å². The van der Waals surface area contributed by atoms with Crippen LogP contribution in [0.3, 0.4) is 0 Å². The van der Waals surface area contributed by atoms with Crippen LogP contribution in [-0.2, 0) is 6.16 Å². The van der Waals surface area contributed by atoms with E-state index in [-0.39, 0.29) is 11.9 Å². The van der Waals surface area contributed by atoms with Crippen molar-refractivity contribution >= 4 is 40.9 Å². The molecule has 37 heavy (non-hydrogen) atoms. The number of hydrogen-bond donors (Lipinski definition) is 2. The minimum Gasteiger partial charge on any atom is -0.356 e. The molecule has 5 heteroatoms. The SMILES string of the molecule is CC[C@H](C)[C@@H](C[P+](Cc1ccccc1)(c1ccccc1)c1ccccc1)NC(=S)Nc1ccc(F)cc1. The summed E-state index contributed by atoms with van der Waals surface area (Å²) in [6.45, 7) is 4.53. The summed E-state index contributed by atoms with van der Waals surface area (Å²) in [4.78, 5) is 0. The first-order chi connectivity index (χ1) is 18.0. The molecule has 0 aliphatic carbocycles. The zero-order valence-corrected chi connectivity index (χ0v) is 23.2. The van der Waals surface area contributed by atoms with Crippen molar-refractivity contribution < 1.29 is 4.39 Å². The second-order valence-electron chi connectivity index (χ2n) is 9.56. The number of benzene rings is 4. The molecular weight excluding hydrogens is 494 g/mol. The highest BCUT2D eigenvalue weighted by atomic mass is 32.1. The monoisotopic (exact) mass is 529 g/mol. The van der Waals surface area contributed by atoms with Crippen molar-refractivity contribution in [3.8, 4) is 0 Å². The molecule has 4 aromatic carbocycles. The van der Waals surface area contributed by atoms with Crippen LogP contribution in [0.1, 0.15) is 25.8 Å². The van der Waals surface area contributed by atoms with E-state index in [0.717, 1.165) is 24.4 Å². The summed E-state index contributed by atoms with van der Waals surface area (Å²) >= 11 is 5.76. The van der Waals surface area contributed by atoms with Crippen LogP contribution in [-0.4, -0.2) is 17.3 Å². The normalized spacial score (nSPS) is 12.9. The maximum atomic E-state index is 13.4. The lowest BCUT2D eigenvalue weighted by molar-refractivity contribution is 0.442. The fourth-order valence-electron chi connectivity index (χ4n) is 4.79. The second-order valence-corrected chi connectivity index (χ2v) is 13.6. The van der Waals surface area contributed by atoms with E-state index < -0.39 is 7.26 Å². The Morgan fingerprint density at radius 2 is 1.30 bits per heavy atom. The van der Waals surface area contributed by atoms with E-state index >= 15 is 0 Å². The van der Waals surface area contributed by atoms with Gasteiger partial charge < -0.3 is 10.6 Å². The van der Waals surface area contributed by atoms with Gasteiger partial charge in [-0.25, -0.2) is 4.39 Å². The predicted molar refractivity (Wildman–Crippen MR) is 163 cm³/mol. The summed E-state index contributed by atoms with van der Waals surface area (Å²) in [6, 6.07) is 39.3. The maximum absolute atomic E-state index is 13.4. The highest BCUT2D eigenvalue weighted by molar-refractivity contribution is 7.88. The summed E-state index contributed by atoms with van der Waals surface area (Å²) in [6.07, 6.45) is 2.98. The van der Waals surface area contributed by atoms with E-state index in [2.05, 4.69) is 115 Å². The van der Waals surface area contributed by atoms with Crippen molar-refractivity contribution in [2.24, 2.45) is 5.92 Å². The first-order valence-electron chi connectivity index (χ1n) is 12.9. The molecule has 2 N–H and O–H groups in total. The molecule has 0 aliphatic heterocycles. The quantitative estimate of drug-likeness (QED) is 0.165. The molecule has 0 amide bonds. The Bertz CT molecular complexity index is 1210. The van der Waals surface area contributed by atoms with Gasteiger partial charge in [-0.15, -0.1) is 0 Å². The second kappa shape index (κ2) is 12.9. The fraction of sp³-hybridized carbons (Fsp3) is 0.219. The molecular formula is C32H35FN2PS+. The number of thiocarbonyl (C=S) groups is 1. The highest BCUT2D eigenvalue weighted by Gasteiger charge is 2.45. The van der Waals surface area contributed by atoms with E-state index in [0.29, 0.717) is 11.0 Å². The van der Waals surface area contributed by atoms with E-state index in [9.17, 15) is 4.39 Å². The van der Waals surface area contributed by atoms with Crippen molar-refractivity contribution in [1.29, 1.82) is 0 Å². The third-order valence-electron chi connectivity index (χ3n) is 7.05. The van der Waals surface area contributed by atoms with Gasteiger partial charge in [-0.05, 0) is 72.2 Å². The molecule has 0 radical (unpaired) electrons. The van der Waals surface area contributed by atoms with Crippen LogP contribution < -0.4 is 21.2 Å². The molecule has 0 aliphatic rings. The number of halogens is 1. The Balaban J connectivity index is 1.73. The van der Waals surface area contributed by atoms with Gasteiger partial charge in [0.05, 0.1) is 36.2 Å². The summed E-state index contributed by atoms with van der Waals surface area (Å²) in [5, 5.41) is 10.3. The van der Waals surface area contributed by atoms with E-state index in [4.69, 9.17) is 12.2 Å². The molecule has 0 saturated heterocycles. The molecule has 2 atom stereocenters. The van der Waals surface area contributed by atoms with Gasteiger partial charge in [0.2, 0.25) is 0 Å². The number of anilines is 1. The van der Waals surface area contributed by atoms with Crippen molar-refractivity contribution in [2.75, 3.05) is 11.5 Å². The molecule has 0 bridgehead atoms. The average Bonchev–Trinajstić information content (AvgIpc) is 2.94. The standard InChI is InChI=1S/C32H34FN2PS/c1-3-25(2)31(35-32(37)34-28-21-19-27(33)20-22-28)24-36(29-15-9-5-10-16-29,30-17-11-6-12-18-30)23-26-13-7-4-8-14-26/h4-22,25,31H,3,23-24H2,1-2H3,(H-,34,35,37)/p+1/t25-,31+/m0/s1. The zero-order chi connectivity index (χ0) is 26.1. The molecule has 0 fully saturated rings. The van der Waals surface area contributed by atoms with Crippen LogP contribution in [0.2, 0.25) is 0 Å². The molecule has 4 rings (SSSR count). The molecule has 0 aromatic heterocycles. The lowest BCUT2D eigenvalue weighted by atomic mass is 10.0. The van der Waals surface area contributed by atoms with Crippen molar-refractivity contribution in [1.82, 2.24) is 5.32 Å². The Morgan fingerprint density at radius 1 is 0.784 bits per heavy atom. The minimum absolute atomic E-state index is 0.155. The van der Waals surface area contributed by atoms with Gasteiger partial charge in [0.15, 0.2) is 5.11 Å². The van der Waals surface area contributed by atoms with Crippen molar-refractivity contribution in [3.05, 3.63) is 127 Å². The molecule has 190 valence electrons. The smallest absolute Gasteiger partial charge is 0.171 e. The molecule has 4 aromatic rings. The lowest BCUT2D eigenvalue weighted by Gasteiger charge is -2.34. The van der Waals surface area contributed by atoms with Gasteiger partial charge in [0.1, 0.15) is 5.82 Å². The lowest BCUT2D eigenvalue weighted by Crippen LogP contribution is -2.46. The molecule has 0 spiro atoms. The summed E-state index contributed by atoms with van der Waals surface area (Å²) in [5.41, 5.74) is 2.12. The van der Waals surface area contributed by atoms with Gasteiger partial charge in [-0.3, -0.25) is 0 Å². The third-order valence-corrected chi connectivity index (χ3v) is 11.8. The Hall–Kier alpha value is -3.07. The average molecular weight is 530 g/mol. The first-order valence-corrected chi connectivity index (χ1v) is 15.4. The fourth-order valence-corrected chi connectivity index (χ4v) is 9.71. The number of rotatable bonds is 10. The van der Waals surface area contributed by atoms with Gasteiger partial charge >= 0.3 is 0 Å². The van der Waals surface area contributed by atoms with E-state index in [1.165, 1.54) is 28.3 Å². The predicted octanol–water partition coefficient (Wildman–Crippen LogP) is 7.40. The van der Waals surface area contributed by atoms with E-state index in [1.54, 1.807) is 12.1 Å². The zero-order valence-electron chi connectivity index (χ0n) is 21.5. The Kier molecular flexibility index (Phi) is 9.44. The van der Waals surface area contributed by atoms with Crippen LogP contribution in [0, 0.1) is 11.7 Å². The van der Waals surface area contributed by atoms with Crippen LogP contribution in [0.5, 0.6) is 0 Å². The largest absolute Gasteiger partial charge is 0.356 e. The number of hydrogen-bond acceptors (Lipinski definition) is 1. The maximum Gasteiger partial charge on any atom is 0.171 e. The van der Waals surface area contributed by atoms with Gasteiger partial charge in [-0.1, -0.05) is 87.0 Å². The molecule has 0 saturated carbocycles. The first kappa shape index (κ1) is 27.0. The highest BCUT2D eigenvalue weighted by Crippen LogP contribution is 2.60. The topological polar surface area (TPSA) is 24.1 Å². The van der Waals surface area contributed by atoms with Crippen LogP contribution in [0.15, 0.2) is 115 Å². The van der Waals surface area contributed by atoms with Crippen LogP contribution in [0.4, 0.5) is 10.1 Å². The summed E-state index contributed by atoms with van der Waals surface area (Å²) in [7, 11) is -1.89. The molecule has 0 heterocycles. The molecule has 2 nitrogen and oxygen atoms in total. The van der Waals surface area contributed by atoms with Gasteiger partial charge in [-0.2, -0.15) is 0 Å². The number of nitrogens with one attached hydrogen (secondary N) is 2. The van der Waals surface area contributed by atoms with Gasteiger partial charge in [0, 0.05) is 5.69 Å². The van der Waals surface area contributed by atoms with Crippen LogP contribution in [0.25, 0.3) is 0 Å². The van der Waals surface area contributed by atoms with Gasteiger partial charge in [0.25, 0.3) is 0 Å². The Morgan fingerprint density at radius 3 is 1.81 bits per heavy atom.